The van der Waals surface area contributed by atoms with E-state index in [1.165, 1.54) is 11.0 Å². The molecule has 10 heteroatoms. The number of carbonyl (C=O) groups excluding carboxylic acids is 4. The summed E-state index contributed by atoms with van der Waals surface area (Å²) in [4.78, 5) is 53.6. The number of nitrogens with one attached hydrogen (secondary N) is 2. The van der Waals surface area contributed by atoms with Crippen molar-refractivity contribution in [2.24, 2.45) is 5.73 Å². The number of nitrogens with zero attached hydrogens (tertiary/aromatic N) is 1. The number of anilines is 1. The van der Waals surface area contributed by atoms with E-state index in [1.807, 2.05) is 36.4 Å². The number of fused-ring (bicyclic) bond motifs is 1. The van der Waals surface area contributed by atoms with Crippen LogP contribution in [0.4, 0.5) is 10.5 Å². The number of benzene rings is 3. The number of rotatable bonds is 10. The summed E-state index contributed by atoms with van der Waals surface area (Å²) in [5.41, 5.74) is 5.21. The van der Waals surface area contributed by atoms with Crippen LogP contribution in [-0.4, -0.2) is 51.5 Å². The van der Waals surface area contributed by atoms with Crippen LogP contribution in [0.15, 0.2) is 66.7 Å². The van der Waals surface area contributed by atoms with E-state index in [-0.39, 0.29) is 24.2 Å². The van der Waals surface area contributed by atoms with Gasteiger partial charge in [0.05, 0.1) is 0 Å². The van der Waals surface area contributed by atoms with Gasteiger partial charge < -0.3 is 31.1 Å². The highest BCUT2D eigenvalue weighted by Crippen LogP contribution is 2.32. The molecule has 4 amide bonds. The molecule has 218 valence electrons. The van der Waals surface area contributed by atoms with Gasteiger partial charge in [0, 0.05) is 23.7 Å². The lowest BCUT2D eigenvalue weighted by molar-refractivity contribution is -0.143. The maximum absolute atomic E-state index is 14.1. The Bertz CT molecular complexity index is 1410. The van der Waals surface area contributed by atoms with Crippen LogP contribution in [0.2, 0.25) is 0 Å². The van der Waals surface area contributed by atoms with Crippen LogP contribution in [0.5, 0.6) is 5.75 Å². The average Bonchev–Trinajstić information content (AvgIpc) is 2.88. The molecule has 0 saturated heterocycles. The number of alkyl carbamates (subject to hydrolysis) is 1. The molecule has 2 unspecified atom stereocenters. The molecule has 3 aromatic carbocycles. The van der Waals surface area contributed by atoms with Gasteiger partial charge in [-0.2, -0.15) is 0 Å². The number of ether oxygens (including phenoxy) is 1. The van der Waals surface area contributed by atoms with Crippen molar-refractivity contribution in [1.82, 2.24) is 10.2 Å². The summed E-state index contributed by atoms with van der Waals surface area (Å²) < 4.78 is 5.33. The summed E-state index contributed by atoms with van der Waals surface area (Å²) in [6.45, 7) is 8.47. The van der Waals surface area contributed by atoms with Gasteiger partial charge in [-0.1, -0.05) is 48.5 Å². The summed E-state index contributed by atoms with van der Waals surface area (Å²) in [5.74, 6) is -2.06. The van der Waals surface area contributed by atoms with Crippen molar-refractivity contribution in [1.29, 1.82) is 0 Å². The Morgan fingerprint density at radius 3 is 2.20 bits per heavy atom. The standard InChI is InChI=1S/C31H38N4O6/c1-19(2)35(29(39)24(16-17-26(32)37)34-30(40)41-31(3,4)5)27(23-12-8-9-13-25(23)36)28(38)33-22-15-14-20-10-6-7-11-21(20)18-22/h6-15,18-19,24,27,36H,16-17H2,1-5H3,(H2,32,37)(H,33,38)(H,34,40). The first-order chi connectivity index (χ1) is 19.3. The summed E-state index contributed by atoms with van der Waals surface area (Å²) in [6, 6.07) is 16.3. The van der Waals surface area contributed by atoms with Crippen molar-refractivity contribution in [2.75, 3.05) is 5.32 Å². The number of phenolic OH excluding ortho intramolecular Hbond substituents is 1. The molecule has 0 aliphatic rings. The van der Waals surface area contributed by atoms with Gasteiger partial charge in [-0.05, 0) is 70.0 Å². The second-order valence-corrected chi connectivity index (χ2v) is 11.1. The fraction of sp³-hybridized carbons (Fsp3) is 0.355. The third-order valence-corrected chi connectivity index (χ3v) is 6.25. The van der Waals surface area contributed by atoms with E-state index in [4.69, 9.17) is 10.5 Å². The molecule has 0 saturated carbocycles. The molecule has 0 heterocycles. The van der Waals surface area contributed by atoms with Gasteiger partial charge in [-0.25, -0.2) is 4.79 Å². The lowest BCUT2D eigenvalue weighted by Gasteiger charge is -2.37. The Morgan fingerprint density at radius 2 is 1.59 bits per heavy atom. The van der Waals surface area contributed by atoms with E-state index in [0.717, 1.165) is 10.8 Å². The number of primary amides is 1. The van der Waals surface area contributed by atoms with Crippen LogP contribution < -0.4 is 16.4 Å². The van der Waals surface area contributed by atoms with E-state index in [2.05, 4.69) is 10.6 Å². The van der Waals surface area contributed by atoms with E-state index in [1.54, 1.807) is 58.9 Å². The SMILES string of the molecule is CC(C)N(C(=O)C(CCC(N)=O)NC(=O)OC(C)(C)C)C(C(=O)Nc1ccc2ccccc2c1)c1ccccc1O. The summed E-state index contributed by atoms with van der Waals surface area (Å²) in [7, 11) is 0. The fourth-order valence-electron chi connectivity index (χ4n) is 4.47. The first kappa shape index (κ1) is 30.9. The normalized spacial score (nSPS) is 12.8. The zero-order valence-corrected chi connectivity index (χ0v) is 24.0. The number of hydrogen-bond acceptors (Lipinski definition) is 6. The third kappa shape index (κ3) is 8.44. The molecule has 0 aliphatic carbocycles. The van der Waals surface area contributed by atoms with Crippen molar-refractivity contribution in [3.05, 3.63) is 72.3 Å². The average molecular weight is 563 g/mol. The van der Waals surface area contributed by atoms with Gasteiger partial charge in [0.15, 0.2) is 0 Å². The second-order valence-electron chi connectivity index (χ2n) is 11.1. The Hall–Kier alpha value is -4.60. The van der Waals surface area contributed by atoms with Crippen molar-refractivity contribution >= 4 is 40.3 Å². The van der Waals surface area contributed by atoms with Gasteiger partial charge in [0.2, 0.25) is 11.8 Å². The highest BCUT2D eigenvalue weighted by atomic mass is 16.6. The molecular formula is C31H38N4O6. The largest absolute Gasteiger partial charge is 0.508 e. The quantitative estimate of drug-likeness (QED) is 0.283. The highest BCUT2D eigenvalue weighted by molar-refractivity contribution is 6.01. The maximum Gasteiger partial charge on any atom is 0.408 e. The van der Waals surface area contributed by atoms with Crippen LogP contribution in [0.1, 0.15) is 59.1 Å². The van der Waals surface area contributed by atoms with Crippen molar-refractivity contribution in [3.63, 3.8) is 0 Å². The molecule has 0 bridgehead atoms. The molecule has 0 aliphatic heterocycles. The topological polar surface area (TPSA) is 151 Å². The molecule has 0 radical (unpaired) electrons. The molecule has 0 fully saturated rings. The summed E-state index contributed by atoms with van der Waals surface area (Å²) >= 11 is 0. The van der Waals surface area contributed by atoms with Crippen LogP contribution in [0.3, 0.4) is 0 Å². The Kier molecular flexibility index (Phi) is 9.94. The number of para-hydroxylation sites is 1. The molecule has 0 aromatic heterocycles. The molecule has 5 N–H and O–H groups in total. The number of phenols is 1. The number of aromatic hydroxyl groups is 1. The van der Waals surface area contributed by atoms with E-state index in [9.17, 15) is 24.3 Å². The molecule has 10 nitrogen and oxygen atoms in total. The zero-order valence-electron chi connectivity index (χ0n) is 24.0. The maximum atomic E-state index is 14.1. The fourth-order valence-corrected chi connectivity index (χ4v) is 4.47. The minimum absolute atomic E-state index is 0.115. The molecule has 3 aromatic rings. The highest BCUT2D eigenvalue weighted by Gasteiger charge is 2.39. The number of amides is 4. The Morgan fingerprint density at radius 1 is 0.951 bits per heavy atom. The van der Waals surface area contributed by atoms with E-state index >= 15 is 0 Å². The van der Waals surface area contributed by atoms with Gasteiger partial charge in [0.1, 0.15) is 23.4 Å². The first-order valence-electron chi connectivity index (χ1n) is 13.4. The van der Waals surface area contributed by atoms with Crippen LogP contribution in [-0.2, 0) is 19.1 Å². The molecule has 3 rings (SSSR count). The summed E-state index contributed by atoms with van der Waals surface area (Å²) in [6.07, 6.45) is -1.16. The van der Waals surface area contributed by atoms with Crippen molar-refractivity contribution in [3.8, 4) is 5.75 Å². The summed E-state index contributed by atoms with van der Waals surface area (Å²) in [5, 5.41) is 18.1. The third-order valence-electron chi connectivity index (χ3n) is 6.25. The smallest absolute Gasteiger partial charge is 0.408 e. The minimum atomic E-state index is -1.29. The van der Waals surface area contributed by atoms with Gasteiger partial charge in [-0.3, -0.25) is 14.4 Å². The van der Waals surface area contributed by atoms with E-state index < -0.39 is 47.5 Å². The molecule has 41 heavy (non-hydrogen) atoms. The minimum Gasteiger partial charge on any atom is -0.508 e. The number of nitrogens with two attached hydrogens (primary N) is 1. The van der Waals surface area contributed by atoms with Gasteiger partial charge in [0.25, 0.3) is 5.91 Å². The van der Waals surface area contributed by atoms with Crippen LogP contribution >= 0.6 is 0 Å². The molecule has 0 spiro atoms. The van der Waals surface area contributed by atoms with Gasteiger partial charge >= 0.3 is 6.09 Å². The Labute approximate surface area is 239 Å². The predicted octanol–water partition coefficient (Wildman–Crippen LogP) is 4.62. The lowest BCUT2D eigenvalue weighted by atomic mass is 9.99. The number of carbonyl (C=O) groups is 4. The predicted molar refractivity (Wildman–Crippen MR) is 157 cm³/mol. The lowest BCUT2D eigenvalue weighted by Crippen LogP contribution is -2.54. The van der Waals surface area contributed by atoms with Crippen LogP contribution in [0.25, 0.3) is 10.8 Å². The second kappa shape index (κ2) is 13.2. The first-order valence-corrected chi connectivity index (χ1v) is 13.4. The molecular weight excluding hydrogens is 524 g/mol. The van der Waals surface area contributed by atoms with Crippen molar-refractivity contribution < 1.29 is 29.0 Å². The monoisotopic (exact) mass is 562 g/mol. The van der Waals surface area contributed by atoms with Crippen LogP contribution in [0, 0.1) is 0 Å². The van der Waals surface area contributed by atoms with Crippen molar-refractivity contribution in [2.45, 2.75) is 71.2 Å². The Balaban J connectivity index is 2.03. The zero-order chi connectivity index (χ0) is 30.3. The number of hydrogen-bond donors (Lipinski definition) is 4. The van der Waals surface area contributed by atoms with Gasteiger partial charge in [-0.15, -0.1) is 0 Å². The van der Waals surface area contributed by atoms with E-state index in [0.29, 0.717) is 5.69 Å². The molecule has 2 atom stereocenters.